The van der Waals surface area contributed by atoms with Crippen LogP contribution in [0.4, 0.5) is 0 Å². The van der Waals surface area contributed by atoms with E-state index in [0.717, 1.165) is 12.8 Å². The van der Waals surface area contributed by atoms with Gasteiger partial charge in [0.1, 0.15) is 5.69 Å². The van der Waals surface area contributed by atoms with E-state index in [0.29, 0.717) is 10.5 Å². The number of nitrogens with one attached hydrogen (secondary N) is 1. The Kier molecular flexibility index (Phi) is 3.09. The molecule has 2 rings (SSSR count). The van der Waals surface area contributed by atoms with Crippen LogP contribution in [0.25, 0.3) is 0 Å². The molecule has 4 nitrogen and oxygen atoms in total. The molecule has 15 heavy (non-hydrogen) atoms. The van der Waals surface area contributed by atoms with Gasteiger partial charge in [0.05, 0.1) is 0 Å². The summed E-state index contributed by atoms with van der Waals surface area (Å²) in [7, 11) is 1.81. The summed E-state index contributed by atoms with van der Waals surface area (Å²) >= 11 is 3.57. The fourth-order valence-corrected chi connectivity index (χ4v) is 2.58. The molecule has 0 bridgehead atoms. The van der Waals surface area contributed by atoms with Crippen LogP contribution >= 0.6 is 15.9 Å². The van der Waals surface area contributed by atoms with E-state index >= 15 is 0 Å². The van der Waals surface area contributed by atoms with Gasteiger partial charge in [0.2, 0.25) is 0 Å². The van der Waals surface area contributed by atoms with Crippen LogP contribution in [0.5, 0.6) is 0 Å². The minimum atomic E-state index is -0.0769. The van der Waals surface area contributed by atoms with E-state index in [1.807, 2.05) is 0 Å². The van der Waals surface area contributed by atoms with Gasteiger partial charge in [-0.05, 0) is 18.9 Å². The number of carbonyl (C=O) groups excluding carboxylic acids is 1. The lowest BCUT2D eigenvalue weighted by Crippen LogP contribution is -2.37. The van der Waals surface area contributed by atoms with Crippen molar-refractivity contribution >= 4 is 21.8 Å². The zero-order chi connectivity index (χ0) is 10.8. The molecule has 82 valence electrons. The summed E-state index contributed by atoms with van der Waals surface area (Å²) in [6, 6.07) is 1.98. The van der Waals surface area contributed by atoms with Gasteiger partial charge in [-0.25, -0.2) is 0 Å². The standard InChI is InChI=1S/C10H14BrN3O/c1-14-6-5-9(13-14)10(15)12-8-4-2-3-7(8)11/h5-8H,2-4H2,1H3,(H,12,15). The smallest absolute Gasteiger partial charge is 0.272 e. The van der Waals surface area contributed by atoms with Crippen molar-refractivity contribution in [3.05, 3.63) is 18.0 Å². The topological polar surface area (TPSA) is 46.9 Å². The van der Waals surface area contributed by atoms with E-state index in [1.54, 1.807) is 24.0 Å². The lowest BCUT2D eigenvalue weighted by molar-refractivity contribution is 0.0933. The summed E-state index contributed by atoms with van der Waals surface area (Å²) < 4.78 is 1.63. The van der Waals surface area contributed by atoms with Gasteiger partial charge in [-0.2, -0.15) is 5.10 Å². The van der Waals surface area contributed by atoms with Crippen LogP contribution in [0, 0.1) is 0 Å². The maximum absolute atomic E-state index is 11.8. The zero-order valence-electron chi connectivity index (χ0n) is 8.61. The molecule has 0 aromatic carbocycles. The number of alkyl halides is 1. The van der Waals surface area contributed by atoms with Crippen molar-refractivity contribution in [1.82, 2.24) is 15.1 Å². The second-order valence-electron chi connectivity index (χ2n) is 3.90. The van der Waals surface area contributed by atoms with Crippen molar-refractivity contribution in [2.24, 2.45) is 7.05 Å². The highest BCUT2D eigenvalue weighted by Crippen LogP contribution is 2.25. The Hall–Kier alpha value is -0.840. The fourth-order valence-electron chi connectivity index (χ4n) is 1.86. The molecule has 1 aromatic heterocycles. The van der Waals surface area contributed by atoms with Crippen molar-refractivity contribution in [3.63, 3.8) is 0 Å². The van der Waals surface area contributed by atoms with Crippen LogP contribution in [0.2, 0.25) is 0 Å². The number of carbonyl (C=O) groups is 1. The SMILES string of the molecule is Cn1ccc(C(=O)NC2CCCC2Br)n1. The van der Waals surface area contributed by atoms with Gasteiger partial charge < -0.3 is 5.32 Å². The van der Waals surface area contributed by atoms with E-state index in [2.05, 4.69) is 26.3 Å². The monoisotopic (exact) mass is 271 g/mol. The Morgan fingerprint density at radius 3 is 3.00 bits per heavy atom. The number of aryl methyl sites for hydroxylation is 1. The Labute approximate surface area is 97.2 Å². The number of nitrogens with zero attached hydrogens (tertiary/aromatic N) is 2. The molecule has 5 heteroatoms. The second kappa shape index (κ2) is 4.35. The Balaban J connectivity index is 1.97. The van der Waals surface area contributed by atoms with Crippen LogP contribution in [0.15, 0.2) is 12.3 Å². The normalized spacial score (nSPS) is 25.5. The van der Waals surface area contributed by atoms with Gasteiger partial charge >= 0.3 is 0 Å². The van der Waals surface area contributed by atoms with Crippen molar-refractivity contribution in [2.75, 3.05) is 0 Å². The summed E-state index contributed by atoms with van der Waals surface area (Å²) in [5, 5.41) is 7.06. The number of hydrogen-bond acceptors (Lipinski definition) is 2. The predicted octanol–water partition coefficient (Wildman–Crippen LogP) is 1.47. The molecule has 1 aliphatic rings. The Morgan fingerprint density at radius 1 is 1.67 bits per heavy atom. The molecule has 1 N–H and O–H groups in total. The van der Waals surface area contributed by atoms with Crippen molar-refractivity contribution < 1.29 is 4.79 Å². The highest BCUT2D eigenvalue weighted by atomic mass is 79.9. The summed E-state index contributed by atoms with van der Waals surface area (Å²) in [5.74, 6) is -0.0769. The summed E-state index contributed by atoms with van der Waals surface area (Å²) in [5.41, 5.74) is 0.490. The van der Waals surface area contributed by atoms with Gasteiger partial charge in [-0.3, -0.25) is 9.48 Å². The van der Waals surface area contributed by atoms with E-state index < -0.39 is 0 Å². The van der Waals surface area contributed by atoms with Crippen LogP contribution in [-0.4, -0.2) is 26.6 Å². The molecular formula is C10H14BrN3O. The number of amides is 1. The minimum absolute atomic E-state index is 0.0769. The molecule has 1 aromatic rings. The molecule has 2 unspecified atom stereocenters. The van der Waals surface area contributed by atoms with Crippen LogP contribution < -0.4 is 5.32 Å². The third-order valence-corrected chi connectivity index (χ3v) is 3.79. The molecule has 1 heterocycles. The van der Waals surface area contributed by atoms with Gasteiger partial charge in [0.15, 0.2) is 0 Å². The molecule has 0 radical (unpaired) electrons. The first kappa shape index (κ1) is 10.7. The lowest BCUT2D eigenvalue weighted by Gasteiger charge is -2.14. The zero-order valence-corrected chi connectivity index (χ0v) is 10.2. The summed E-state index contributed by atoms with van der Waals surface area (Å²) in [4.78, 5) is 12.2. The van der Waals surface area contributed by atoms with Gasteiger partial charge in [-0.15, -0.1) is 0 Å². The molecule has 1 fully saturated rings. The van der Waals surface area contributed by atoms with Gasteiger partial charge in [0, 0.05) is 24.1 Å². The van der Waals surface area contributed by atoms with Gasteiger partial charge in [0.25, 0.3) is 5.91 Å². The summed E-state index contributed by atoms with van der Waals surface area (Å²) in [6.07, 6.45) is 5.12. The highest BCUT2D eigenvalue weighted by Gasteiger charge is 2.26. The number of rotatable bonds is 2. The summed E-state index contributed by atoms with van der Waals surface area (Å²) in [6.45, 7) is 0. The maximum atomic E-state index is 11.8. The quantitative estimate of drug-likeness (QED) is 0.829. The van der Waals surface area contributed by atoms with E-state index in [-0.39, 0.29) is 11.9 Å². The molecular weight excluding hydrogens is 258 g/mol. The van der Waals surface area contributed by atoms with E-state index in [4.69, 9.17) is 0 Å². The second-order valence-corrected chi connectivity index (χ2v) is 5.08. The number of hydrogen-bond donors (Lipinski definition) is 1. The van der Waals surface area contributed by atoms with Crippen LogP contribution in [0.3, 0.4) is 0 Å². The van der Waals surface area contributed by atoms with Crippen LogP contribution in [0.1, 0.15) is 29.8 Å². The van der Waals surface area contributed by atoms with E-state index in [9.17, 15) is 4.79 Å². The molecule has 0 spiro atoms. The van der Waals surface area contributed by atoms with Crippen LogP contribution in [-0.2, 0) is 7.05 Å². The fraction of sp³-hybridized carbons (Fsp3) is 0.600. The predicted molar refractivity (Wildman–Crippen MR) is 61.0 cm³/mol. The molecule has 1 amide bonds. The molecule has 0 aliphatic heterocycles. The number of halogens is 1. The minimum Gasteiger partial charge on any atom is -0.347 e. The highest BCUT2D eigenvalue weighted by molar-refractivity contribution is 9.09. The average Bonchev–Trinajstić information content (AvgIpc) is 2.77. The third-order valence-electron chi connectivity index (χ3n) is 2.69. The van der Waals surface area contributed by atoms with Crippen molar-refractivity contribution in [3.8, 4) is 0 Å². The third kappa shape index (κ3) is 2.40. The van der Waals surface area contributed by atoms with Crippen molar-refractivity contribution in [1.29, 1.82) is 0 Å². The first-order chi connectivity index (χ1) is 7.16. The molecule has 1 saturated carbocycles. The Bertz CT molecular complexity index is 363. The molecule has 0 saturated heterocycles. The van der Waals surface area contributed by atoms with E-state index in [1.165, 1.54) is 6.42 Å². The van der Waals surface area contributed by atoms with Gasteiger partial charge in [-0.1, -0.05) is 22.4 Å². The Morgan fingerprint density at radius 2 is 2.47 bits per heavy atom. The first-order valence-corrected chi connectivity index (χ1v) is 6.03. The van der Waals surface area contributed by atoms with Crippen molar-refractivity contribution in [2.45, 2.75) is 30.1 Å². The average molecular weight is 272 g/mol. The lowest BCUT2D eigenvalue weighted by atomic mass is 10.2. The largest absolute Gasteiger partial charge is 0.347 e. The molecule has 1 aliphatic carbocycles. The maximum Gasteiger partial charge on any atom is 0.272 e. The number of aromatic nitrogens is 2. The molecule has 2 atom stereocenters. The first-order valence-electron chi connectivity index (χ1n) is 5.11.